The van der Waals surface area contributed by atoms with Crippen LogP contribution < -0.4 is 10.9 Å². The minimum absolute atomic E-state index is 0.283. The summed E-state index contributed by atoms with van der Waals surface area (Å²) < 4.78 is 85.0. The van der Waals surface area contributed by atoms with Crippen LogP contribution in [0.4, 0.5) is 22.0 Å². The normalized spacial score (nSPS) is 13.1. The summed E-state index contributed by atoms with van der Waals surface area (Å²) >= 11 is 0. The Bertz CT molecular complexity index is 585. The largest absolute Gasteiger partial charge is 0.433 e. The highest BCUT2D eigenvalue weighted by Gasteiger charge is 2.36. The van der Waals surface area contributed by atoms with Crippen LogP contribution in [0, 0.1) is 0 Å². The van der Waals surface area contributed by atoms with Gasteiger partial charge in [-0.25, -0.2) is 27.3 Å². The Kier molecular flexibility index (Phi) is 4.12. The Morgan fingerprint density at radius 3 is 2.16 bits per heavy atom. The van der Waals surface area contributed by atoms with Crippen molar-refractivity contribution in [2.45, 2.75) is 24.0 Å². The van der Waals surface area contributed by atoms with E-state index in [1.165, 1.54) is 0 Å². The van der Waals surface area contributed by atoms with E-state index in [2.05, 4.69) is 4.98 Å². The summed E-state index contributed by atoms with van der Waals surface area (Å²) in [6, 6.07) is 0.283. The molecule has 0 saturated heterocycles. The molecule has 0 aliphatic heterocycles. The summed E-state index contributed by atoms with van der Waals surface area (Å²) in [5.41, 5.74) is 1.19. The second-order valence-electron chi connectivity index (χ2n) is 3.43. The lowest BCUT2D eigenvalue weighted by Gasteiger charge is -2.14. The number of hydrogen-bond acceptors (Lipinski definition) is 4. The van der Waals surface area contributed by atoms with Gasteiger partial charge in [-0.3, -0.25) is 0 Å². The van der Waals surface area contributed by atoms with Gasteiger partial charge in [0.25, 0.3) is 6.43 Å². The van der Waals surface area contributed by atoms with Crippen LogP contribution in [-0.4, -0.2) is 13.4 Å². The molecule has 0 radical (unpaired) electrons. The average Bonchev–Trinajstić information content (AvgIpc) is 2.24. The Hall–Kier alpha value is -1.33. The second-order valence-corrected chi connectivity index (χ2v) is 4.93. The Morgan fingerprint density at radius 1 is 1.32 bits per heavy atom. The number of aromatic nitrogens is 1. The highest BCUT2D eigenvalue weighted by Crippen LogP contribution is 2.34. The first-order valence-electron chi connectivity index (χ1n) is 4.60. The highest BCUT2D eigenvalue weighted by atomic mass is 32.2. The molecule has 19 heavy (non-hydrogen) atoms. The molecule has 5 nitrogen and oxygen atoms in total. The third-order valence-electron chi connectivity index (χ3n) is 2.08. The van der Waals surface area contributed by atoms with Gasteiger partial charge in [-0.15, -0.1) is 0 Å². The topological polar surface area (TPSA) is 99.1 Å². The van der Waals surface area contributed by atoms with Crippen LogP contribution in [0.5, 0.6) is 0 Å². The molecule has 0 aliphatic rings. The molecule has 4 N–H and O–H groups in total. The van der Waals surface area contributed by atoms with Crippen molar-refractivity contribution in [3.8, 4) is 0 Å². The van der Waals surface area contributed by atoms with Crippen LogP contribution in [0.25, 0.3) is 0 Å². The molecule has 108 valence electrons. The number of rotatable bonds is 3. The quantitative estimate of drug-likeness (QED) is 0.818. The van der Waals surface area contributed by atoms with Gasteiger partial charge in [0, 0.05) is 6.54 Å². The van der Waals surface area contributed by atoms with Crippen LogP contribution in [0.15, 0.2) is 11.0 Å². The number of alkyl halides is 5. The van der Waals surface area contributed by atoms with Crippen molar-refractivity contribution in [1.29, 1.82) is 0 Å². The lowest BCUT2D eigenvalue weighted by molar-refractivity contribution is -0.141. The zero-order chi connectivity index (χ0) is 15.0. The summed E-state index contributed by atoms with van der Waals surface area (Å²) in [6.45, 7) is -0.711. The summed E-state index contributed by atoms with van der Waals surface area (Å²) in [6.07, 6.45) is -8.55. The lowest BCUT2D eigenvalue weighted by Crippen LogP contribution is -2.22. The zero-order valence-corrected chi connectivity index (χ0v) is 9.89. The Morgan fingerprint density at radius 2 is 1.84 bits per heavy atom. The van der Waals surface area contributed by atoms with Crippen molar-refractivity contribution < 1.29 is 30.4 Å². The molecule has 1 aromatic rings. The van der Waals surface area contributed by atoms with Crippen molar-refractivity contribution in [3.63, 3.8) is 0 Å². The fourth-order valence-electron chi connectivity index (χ4n) is 1.38. The van der Waals surface area contributed by atoms with Gasteiger partial charge in [-0.1, -0.05) is 0 Å². The number of nitrogens with zero attached hydrogens (tertiary/aromatic N) is 1. The Balaban J connectivity index is 3.74. The van der Waals surface area contributed by atoms with Crippen LogP contribution in [0.2, 0.25) is 0 Å². The minimum atomic E-state index is -5.01. The molecule has 1 aromatic heterocycles. The maximum absolute atomic E-state index is 12.7. The van der Waals surface area contributed by atoms with Gasteiger partial charge in [-0.2, -0.15) is 13.2 Å². The van der Waals surface area contributed by atoms with E-state index >= 15 is 0 Å². The molecule has 0 fully saturated rings. The summed E-state index contributed by atoms with van der Waals surface area (Å²) in [5, 5.41) is 4.69. The first kappa shape index (κ1) is 15.7. The van der Waals surface area contributed by atoms with Crippen LogP contribution in [0.1, 0.15) is 23.4 Å². The Labute approximate surface area is 104 Å². The maximum Gasteiger partial charge on any atom is 0.433 e. The van der Waals surface area contributed by atoms with Crippen molar-refractivity contribution >= 4 is 10.0 Å². The number of halogens is 5. The van der Waals surface area contributed by atoms with Gasteiger partial charge < -0.3 is 5.73 Å². The van der Waals surface area contributed by atoms with Gasteiger partial charge in [0.1, 0.15) is 16.3 Å². The summed E-state index contributed by atoms with van der Waals surface area (Å²) in [4.78, 5) is 1.46. The van der Waals surface area contributed by atoms with E-state index in [1.807, 2.05) is 0 Å². The van der Waals surface area contributed by atoms with Crippen molar-refractivity contribution in [3.05, 3.63) is 23.0 Å². The van der Waals surface area contributed by atoms with E-state index in [0.717, 1.165) is 0 Å². The molecule has 0 spiro atoms. The number of nitrogens with two attached hydrogens (primary N) is 2. The number of pyridine rings is 1. The predicted octanol–water partition coefficient (Wildman–Crippen LogP) is 1.14. The molecular formula is C8H8F5N3O2S. The molecule has 0 aliphatic carbocycles. The lowest BCUT2D eigenvalue weighted by atomic mass is 10.2. The average molecular weight is 305 g/mol. The monoisotopic (exact) mass is 305 g/mol. The minimum Gasteiger partial charge on any atom is -0.326 e. The van der Waals surface area contributed by atoms with Crippen molar-refractivity contribution in [2.24, 2.45) is 10.9 Å². The van der Waals surface area contributed by atoms with E-state index in [1.54, 1.807) is 0 Å². The van der Waals surface area contributed by atoms with Crippen LogP contribution >= 0.6 is 0 Å². The highest BCUT2D eigenvalue weighted by molar-refractivity contribution is 7.89. The van der Waals surface area contributed by atoms with Crippen molar-refractivity contribution in [2.75, 3.05) is 0 Å². The predicted molar refractivity (Wildman–Crippen MR) is 53.5 cm³/mol. The van der Waals surface area contributed by atoms with E-state index in [9.17, 15) is 30.4 Å². The first-order chi connectivity index (χ1) is 8.48. The zero-order valence-electron chi connectivity index (χ0n) is 9.08. The molecule has 0 saturated carbocycles. The standard InChI is InChI=1S/C8H8F5N3O2S/c9-7(10)5-6(19(15,17)18)3(2-14)1-4(16-5)8(11,12)13/h1,7H,2,14H2,(H2,15,17,18). The molecule has 11 heteroatoms. The molecule has 0 bridgehead atoms. The summed E-state index contributed by atoms with van der Waals surface area (Å²) in [7, 11) is -4.67. The van der Waals surface area contributed by atoms with Gasteiger partial charge >= 0.3 is 6.18 Å². The molecule has 1 heterocycles. The van der Waals surface area contributed by atoms with Gasteiger partial charge in [0.2, 0.25) is 10.0 Å². The fourth-order valence-corrected chi connectivity index (χ4v) is 2.32. The van der Waals surface area contributed by atoms with E-state index < -0.39 is 51.0 Å². The number of primary sulfonamides is 1. The van der Waals surface area contributed by atoms with E-state index in [0.29, 0.717) is 0 Å². The molecule has 0 atom stereocenters. The van der Waals surface area contributed by atoms with Crippen LogP contribution in [-0.2, 0) is 22.7 Å². The van der Waals surface area contributed by atoms with Crippen molar-refractivity contribution in [1.82, 2.24) is 4.98 Å². The molecular weight excluding hydrogens is 297 g/mol. The van der Waals surface area contributed by atoms with Gasteiger partial charge in [0.15, 0.2) is 0 Å². The van der Waals surface area contributed by atoms with Gasteiger partial charge in [0.05, 0.1) is 0 Å². The molecule has 0 aromatic carbocycles. The first-order valence-corrected chi connectivity index (χ1v) is 6.15. The number of hydrogen-bond donors (Lipinski definition) is 2. The maximum atomic E-state index is 12.7. The molecule has 0 amide bonds. The fraction of sp³-hybridized carbons (Fsp3) is 0.375. The van der Waals surface area contributed by atoms with Crippen LogP contribution in [0.3, 0.4) is 0 Å². The molecule has 1 rings (SSSR count). The second kappa shape index (κ2) is 4.98. The van der Waals surface area contributed by atoms with Gasteiger partial charge in [-0.05, 0) is 11.6 Å². The molecule has 0 unspecified atom stereocenters. The SMILES string of the molecule is NCc1cc(C(F)(F)F)nc(C(F)F)c1S(N)(=O)=O. The van der Waals surface area contributed by atoms with E-state index in [4.69, 9.17) is 10.9 Å². The third kappa shape index (κ3) is 3.36. The number of sulfonamides is 1. The smallest absolute Gasteiger partial charge is 0.326 e. The van der Waals surface area contributed by atoms with E-state index in [-0.39, 0.29) is 6.07 Å². The third-order valence-corrected chi connectivity index (χ3v) is 3.12. The summed E-state index contributed by atoms with van der Waals surface area (Å²) in [5.74, 6) is 0.